The molecular formula is C13H26N2O2. The molecule has 4 nitrogen and oxygen atoms in total. The van der Waals surface area contributed by atoms with Crippen LogP contribution >= 0.6 is 0 Å². The molecule has 100 valence electrons. The van der Waals surface area contributed by atoms with Crippen LogP contribution in [0.15, 0.2) is 0 Å². The number of nitrogens with zero attached hydrogens (tertiary/aromatic N) is 1. The van der Waals surface area contributed by atoms with Crippen LogP contribution in [0.25, 0.3) is 0 Å². The molecule has 0 aromatic carbocycles. The molecule has 2 atom stereocenters. The summed E-state index contributed by atoms with van der Waals surface area (Å²) in [6.45, 7) is 10.5. The summed E-state index contributed by atoms with van der Waals surface area (Å²) in [5, 5.41) is 3.55. The van der Waals surface area contributed by atoms with Crippen LogP contribution in [0.3, 0.4) is 0 Å². The van der Waals surface area contributed by atoms with Crippen molar-refractivity contribution in [3.63, 3.8) is 0 Å². The Balaban J connectivity index is 1.56. The van der Waals surface area contributed by atoms with Crippen LogP contribution in [0.1, 0.15) is 26.7 Å². The van der Waals surface area contributed by atoms with Gasteiger partial charge in [0.25, 0.3) is 0 Å². The largest absolute Gasteiger partial charge is 0.355 e. The number of hydrogen-bond acceptors (Lipinski definition) is 4. The maximum atomic E-state index is 5.51. The Kier molecular flexibility index (Phi) is 5.22. The van der Waals surface area contributed by atoms with Crippen molar-refractivity contribution >= 4 is 0 Å². The molecule has 4 heteroatoms. The maximum absolute atomic E-state index is 5.51. The first-order valence-electron chi connectivity index (χ1n) is 6.90. The highest BCUT2D eigenvalue weighted by Crippen LogP contribution is 2.17. The van der Waals surface area contributed by atoms with E-state index in [0.29, 0.717) is 18.9 Å². The second-order valence-electron chi connectivity index (χ2n) is 5.51. The minimum atomic E-state index is 0.353. The molecule has 0 aromatic rings. The number of hydrogen-bond donors (Lipinski definition) is 1. The molecule has 2 heterocycles. The van der Waals surface area contributed by atoms with E-state index in [1.165, 1.54) is 19.5 Å². The third-order valence-electron chi connectivity index (χ3n) is 3.82. The van der Waals surface area contributed by atoms with E-state index in [-0.39, 0.29) is 0 Å². The van der Waals surface area contributed by atoms with Crippen LogP contribution in [-0.4, -0.2) is 56.6 Å². The van der Waals surface area contributed by atoms with Crippen molar-refractivity contribution in [2.75, 3.05) is 39.6 Å². The zero-order chi connectivity index (χ0) is 12.1. The highest BCUT2D eigenvalue weighted by Gasteiger charge is 2.24. The normalized spacial score (nSPS) is 31.2. The Labute approximate surface area is 105 Å². The van der Waals surface area contributed by atoms with Crippen molar-refractivity contribution in [3.8, 4) is 0 Å². The van der Waals surface area contributed by atoms with E-state index in [4.69, 9.17) is 9.47 Å². The number of ether oxygens (including phenoxy) is 2. The highest BCUT2D eigenvalue weighted by atomic mass is 16.7. The Bertz CT molecular complexity index is 217. The van der Waals surface area contributed by atoms with Crippen molar-refractivity contribution in [3.05, 3.63) is 0 Å². The summed E-state index contributed by atoms with van der Waals surface area (Å²) in [4.78, 5) is 2.57. The van der Waals surface area contributed by atoms with Crippen molar-refractivity contribution in [1.82, 2.24) is 10.2 Å². The third-order valence-corrected chi connectivity index (χ3v) is 3.82. The molecule has 0 radical (unpaired) electrons. The second-order valence-corrected chi connectivity index (χ2v) is 5.51. The summed E-state index contributed by atoms with van der Waals surface area (Å²) >= 11 is 0. The lowest BCUT2D eigenvalue weighted by Crippen LogP contribution is -2.37. The Morgan fingerprint density at radius 2 is 2.18 bits per heavy atom. The highest BCUT2D eigenvalue weighted by molar-refractivity contribution is 4.79. The van der Waals surface area contributed by atoms with Crippen LogP contribution in [0, 0.1) is 5.92 Å². The molecule has 2 saturated heterocycles. The summed E-state index contributed by atoms with van der Waals surface area (Å²) in [5.41, 5.74) is 0. The molecular weight excluding hydrogens is 216 g/mol. The van der Waals surface area contributed by atoms with Crippen molar-refractivity contribution in [1.29, 1.82) is 0 Å². The fourth-order valence-corrected chi connectivity index (χ4v) is 2.61. The summed E-state index contributed by atoms with van der Waals surface area (Å²) in [6, 6.07) is 0.693. The van der Waals surface area contributed by atoms with Gasteiger partial charge >= 0.3 is 0 Å². The standard InChI is InChI=1S/C13H26N2O2/c1-11(2)15-5-3-12(9-15)7-14-8-13-4-6-16-10-17-13/h11-14H,3-10H2,1-2H3. The van der Waals surface area contributed by atoms with E-state index >= 15 is 0 Å². The fraction of sp³-hybridized carbons (Fsp3) is 1.00. The van der Waals surface area contributed by atoms with Crippen molar-refractivity contribution in [2.24, 2.45) is 5.92 Å². The van der Waals surface area contributed by atoms with Crippen LogP contribution < -0.4 is 5.32 Å². The van der Waals surface area contributed by atoms with Crippen LogP contribution in [0.5, 0.6) is 0 Å². The first-order valence-corrected chi connectivity index (χ1v) is 6.90. The molecule has 2 fully saturated rings. The van der Waals surface area contributed by atoms with Gasteiger partial charge < -0.3 is 19.7 Å². The molecule has 2 rings (SSSR count). The van der Waals surface area contributed by atoms with Gasteiger partial charge in [0.2, 0.25) is 0 Å². The van der Waals surface area contributed by atoms with E-state index in [9.17, 15) is 0 Å². The van der Waals surface area contributed by atoms with Gasteiger partial charge in [0, 0.05) is 19.1 Å². The van der Waals surface area contributed by atoms with Gasteiger partial charge in [-0.05, 0) is 45.7 Å². The van der Waals surface area contributed by atoms with E-state index in [2.05, 4.69) is 24.1 Å². The van der Waals surface area contributed by atoms with Gasteiger partial charge in [-0.3, -0.25) is 0 Å². The number of likely N-dealkylation sites (tertiary alicyclic amines) is 1. The predicted octanol–water partition coefficient (Wildman–Crippen LogP) is 1.07. The molecule has 2 aliphatic heterocycles. The SMILES string of the molecule is CC(C)N1CCC(CNCC2CCOCO2)C1. The minimum Gasteiger partial charge on any atom is -0.355 e. The first kappa shape index (κ1) is 13.3. The molecule has 2 unspecified atom stereocenters. The molecule has 0 spiro atoms. The molecule has 0 aromatic heterocycles. The Morgan fingerprint density at radius 3 is 2.82 bits per heavy atom. The zero-order valence-electron chi connectivity index (χ0n) is 11.2. The lowest BCUT2D eigenvalue weighted by atomic mass is 10.1. The summed E-state index contributed by atoms with van der Waals surface area (Å²) in [5.74, 6) is 0.817. The summed E-state index contributed by atoms with van der Waals surface area (Å²) in [7, 11) is 0. The van der Waals surface area contributed by atoms with Crippen LogP contribution in [-0.2, 0) is 9.47 Å². The second kappa shape index (κ2) is 6.69. The molecule has 0 saturated carbocycles. The van der Waals surface area contributed by atoms with E-state index in [1.54, 1.807) is 0 Å². The van der Waals surface area contributed by atoms with Crippen molar-refractivity contribution in [2.45, 2.75) is 38.8 Å². The maximum Gasteiger partial charge on any atom is 0.147 e. The topological polar surface area (TPSA) is 33.7 Å². The lowest BCUT2D eigenvalue weighted by Gasteiger charge is -2.24. The molecule has 1 N–H and O–H groups in total. The number of rotatable bonds is 5. The van der Waals surface area contributed by atoms with Gasteiger partial charge in [0.1, 0.15) is 6.79 Å². The monoisotopic (exact) mass is 242 g/mol. The molecule has 2 aliphatic rings. The van der Waals surface area contributed by atoms with Gasteiger partial charge in [-0.25, -0.2) is 0 Å². The van der Waals surface area contributed by atoms with Crippen molar-refractivity contribution < 1.29 is 9.47 Å². The quantitative estimate of drug-likeness (QED) is 0.782. The van der Waals surface area contributed by atoms with Crippen LogP contribution in [0.2, 0.25) is 0 Å². The van der Waals surface area contributed by atoms with Gasteiger partial charge in [-0.1, -0.05) is 0 Å². The summed E-state index contributed by atoms with van der Waals surface area (Å²) in [6.07, 6.45) is 2.71. The van der Waals surface area contributed by atoms with E-state index in [0.717, 1.165) is 32.0 Å². The summed E-state index contributed by atoms with van der Waals surface area (Å²) < 4.78 is 10.7. The van der Waals surface area contributed by atoms with E-state index in [1.807, 2.05) is 0 Å². The smallest absolute Gasteiger partial charge is 0.147 e. The molecule has 0 aliphatic carbocycles. The Morgan fingerprint density at radius 1 is 1.29 bits per heavy atom. The molecule has 0 bridgehead atoms. The lowest BCUT2D eigenvalue weighted by molar-refractivity contribution is -0.137. The zero-order valence-corrected chi connectivity index (χ0v) is 11.2. The van der Waals surface area contributed by atoms with Crippen LogP contribution in [0.4, 0.5) is 0 Å². The Hall–Kier alpha value is -0.160. The van der Waals surface area contributed by atoms with Gasteiger partial charge in [0.15, 0.2) is 0 Å². The average Bonchev–Trinajstić information content (AvgIpc) is 2.79. The fourth-order valence-electron chi connectivity index (χ4n) is 2.61. The van der Waals surface area contributed by atoms with Gasteiger partial charge in [-0.2, -0.15) is 0 Å². The first-order chi connectivity index (χ1) is 8.25. The van der Waals surface area contributed by atoms with Gasteiger partial charge in [0.05, 0.1) is 12.7 Å². The minimum absolute atomic E-state index is 0.353. The number of nitrogens with one attached hydrogen (secondary N) is 1. The molecule has 17 heavy (non-hydrogen) atoms. The molecule has 0 amide bonds. The predicted molar refractivity (Wildman–Crippen MR) is 68.0 cm³/mol. The third kappa shape index (κ3) is 4.21. The van der Waals surface area contributed by atoms with Gasteiger partial charge in [-0.15, -0.1) is 0 Å². The average molecular weight is 242 g/mol. The van der Waals surface area contributed by atoms with E-state index < -0.39 is 0 Å².